The number of nitrogens with zero attached hydrogens (tertiary/aromatic N) is 7. The summed E-state index contributed by atoms with van der Waals surface area (Å²) >= 11 is 0. The van der Waals surface area contributed by atoms with E-state index in [1.165, 1.54) is 31.5 Å². The number of amides is 1. The summed E-state index contributed by atoms with van der Waals surface area (Å²) in [6.07, 6.45) is -2.32. The Labute approximate surface area is 178 Å². The Balaban J connectivity index is 2.01. The third-order valence-electron chi connectivity index (χ3n) is 4.45. The minimum absolute atomic E-state index is 0.00631. The zero-order valence-corrected chi connectivity index (χ0v) is 17.4. The number of fused-ring (bicyclic) bond motifs is 2. The van der Waals surface area contributed by atoms with Gasteiger partial charge in [0, 0.05) is 18.9 Å². The van der Waals surface area contributed by atoms with Gasteiger partial charge >= 0.3 is 6.18 Å². The molecule has 168 valence electrons. The number of alkyl halides is 3. The molecule has 0 radical (unpaired) electrons. The molecule has 0 aliphatic rings. The molecule has 4 rings (SSSR count). The number of rotatable bonds is 5. The van der Waals surface area contributed by atoms with Gasteiger partial charge in [0.15, 0.2) is 20.5 Å². The van der Waals surface area contributed by atoms with Crippen molar-refractivity contribution in [3.63, 3.8) is 0 Å². The summed E-state index contributed by atoms with van der Waals surface area (Å²) in [6.45, 7) is 3.44. The van der Waals surface area contributed by atoms with Crippen molar-refractivity contribution in [1.82, 2.24) is 39.5 Å². The van der Waals surface area contributed by atoms with Crippen LogP contribution in [0.4, 0.5) is 13.2 Å². The molecular weight excluding hydrogens is 453 g/mol. The van der Waals surface area contributed by atoms with Crippen molar-refractivity contribution in [2.24, 2.45) is 0 Å². The van der Waals surface area contributed by atoms with E-state index in [2.05, 4.69) is 30.5 Å². The number of carbonyl (C=O) groups excluding carboxylic acids is 1. The maximum atomic E-state index is 13.0. The predicted octanol–water partition coefficient (Wildman–Crippen LogP) is 1.40. The summed E-state index contributed by atoms with van der Waals surface area (Å²) in [5.74, 6) is -2.61. The molecule has 32 heavy (non-hydrogen) atoms. The van der Waals surface area contributed by atoms with E-state index in [4.69, 9.17) is 0 Å². The molecule has 0 aliphatic carbocycles. The van der Waals surface area contributed by atoms with Gasteiger partial charge in [0.2, 0.25) is 0 Å². The zero-order valence-electron chi connectivity index (χ0n) is 16.6. The molecule has 0 bridgehead atoms. The van der Waals surface area contributed by atoms with E-state index in [0.717, 1.165) is 9.03 Å². The van der Waals surface area contributed by atoms with Crippen LogP contribution >= 0.6 is 0 Å². The van der Waals surface area contributed by atoms with Crippen LogP contribution in [-0.4, -0.2) is 60.8 Å². The maximum absolute atomic E-state index is 13.0. The number of hydrogen-bond acceptors (Lipinski definition) is 8. The highest BCUT2D eigenvalue weighted by atomic mass is 32.2. The average Bonchev–Trinajstić information content (AvgIpc) is 3.35. The summed E-state index contributed by atoms with van der Waals surface area (Å²) in [5.41, 5.74) is -0.0787. The average molecular weight is 468 g/mol. The van der Waals surface area contributed by atoms with Gasteiger partial charge in [-0.15, -0.1) is 5.10 Å². The number of carbonyl (C=O) groups is 1. The van der Waals surface area contributed by atoms with Gasteiger partial charge < -0.3 is 5.32 Å². The van der Waals surface area contributed by atoms with Crippen LogP contribution < -0.4 is 5.32 Å². The van der Waals surface area contributed by atoms with E-state index in [-0.39, 0.29) is 28.4 Å². The predicted molar refractivity (Wildman–Crippen MR) is 103 cm³/mol. The van der Waals surface area contributed by atoms with Gasteiger partial charge in [0.25, 0.3) is 17.5 Å². The molecule has 0 fully saturated rings. The highest BCUT2D eigenvalue weighted by Crippen LogP contribution is 2.31. The van der Waals surface area contributed by atoms with E-state index >= 15 is 0 Å². The molecule has 0 spiro atoms. The van der Waals surface area contributed by atoms with Crippen molar-refractivity contribution in [2.45, 2.75) is 25.0 Å². The lowest BCUT2D eigenvalue weighted by atomic mass is 10.2. The van der Waals surface area contributed by atoms with Gasteiger partial charge in [-0.25, -0.2) is 27.4 Å². The molecule has 0 aliphatic heterocycles. The minimum Gasteiger partial charge on any atom is -0.351 e. The van der Waals surface area contributed by atoms with E-state index in [0.29, 0.717) is 6.54 Å². The number of halogens is 3. The van der Waals surface area contributed by atoms with Crippen molar-refractivity contribution in [1.29, 1.82) is 0 Å². The lowest BCUT2D eigenvalue weighted by Crippen LogP contribution is -2.25. The molecule has 1 amide bonds. The first-order valence-corrected chi connectivity index (χ1v) is 10.9. The molecule has 4 aromatic heterocycles. The second-order valence-corrected chi connectivity index (χ2v) is 8.69. The fraction of sp³-hybridized carbons (Fsp3) is 0.294. The standard InChI is InChI=1S/C17H15F3N8O3S/c1-3-21-13(29)10-5-7-22-12-11(14(25-28(10)12)32(30,31)4-2)9-6-8-27-16(23-9)24-15(26-27)17(18,19)20/h5-8H,3-4H2,1-2H3,(H,21,29). The van der Waals surface area contributed by atoms with Crippen LogP contribution in [0.3, 0.4) is 0 Å². The third kappa shape index (κ3) is 3.53. The molecule has 4 aromatic rings. The largest absolute Gasteiger partial charge is 0.453 e. The second-order valence-electron chi connectivity index (χ2n) is 6.50. The SMILES string of the molecule is CCNC(=O)c1ccnc2c(-c3ccn4nc(C(F)(F)F)nc4n3)c(S(=O)(=O)CC)nn12. The fourth-order valence-corrected chi connectivity index (χ4v) is 3.95. The fourth-order valence-electron chi connectivity index (χ4n) is 2.96. The molecule has 11 nitrogen and oxygen atoms in total. The van der Waals surface area contributed by atoms with E-state index < -0.39 is 38.5 Å². The second kappa shape index (κ2) is 7.51. The summed E-state index contributed by atoms with van der Waals surface area (Å²) in [5, 5.41) is 9.62. The lowest BCUT2D eigenvalue weighted by molar-refractivity contribution is -0.144. The first-order chi connectivity index (χ1) is 15.1. The topological polar surface area (TPSA) is 137 Å². The molecule has 0 saturated carbocycles. The Morgan fingerprint density at radius 2 is 1.91 bits per heavy atom. The minimum atomic E-state index is -4.78. The van der Waals surface area contributed by atoms with Crippen LogP contribution in [0.25, 0.3) is 22.7 Å². The Morgan fingerprint density at radius 3 is 2.56 bits per heavy atom. The monoisotopic (exact) mass is 468 g/mol. The Bertz CT molecular complexity index is 1460. The van der Waals surface area contributed by atoms with Crippen LogP contribution in [0.5, 0.6) is 0 Å². The molecule has 4 heterocycles. The van der Waals surface area contributed by atoms with Gasteiger partial charge in [-0.2, -0.15) is 23.3 Å². The first-order valence-electron chi connectivity index (χ1n) is 9.26. The molecule has 1 N–H and O–H groups in total. The van der Waals surface area contributed by atoms with E-state index in [1.807, 2.05) is 0 Å². The van der Waals surface area contributed by atoms with Gasteiger partial charge in [-0.05, 0) is 19.1 Å². The quantitative estimate of drug-likeness (QED) is 0.464. The zero-order chi connectivity index (χ0) is 23.3. The van der Waals surface area contributed by atoms with Crippen molar-refractivity contribution in [2.75, 3.05) is 12.3 Å². The Hall–Kier alpha value is -3.62. The number of aromatic nitrogens is 7. The van der Waals surface area contributed by atoms with Crippen molar-refractivity contribution in [3.05, 3.63) is 36.0 Å². The highest BCUT2D eigenvalue weighted by Gasteiger charge is 2.37. The van der Waals surface area contributed by atoms with Crippen molar-refractivity contribution in [3.8, 4) is 11.3 Å². The molecule has 0 aromatic carbocycles. The summed E-state index contributed by atoms with van der Waals surface area (Å²) in [7, 11) is -3.93. The molecule has 15 heteroatoms. The van der Waals surface area contributed by atoms with Crippen LogP contribution in [-0.2, 0) is 16.0 Å². The Kier molecular flexibility index (Phi) is 5.07. The van der Waals surface area contributed by atoms with E-state index in [1.54, 1.807) is 6.92 Å². The van der Waals surface area contributed by atoms with Gasteiger partial charge in [0.1, 0.15) is 5.69 Å². The number of sulfone groups is 1. The van der Waals surface area contributed by atoms with E-state index in [9.17, 15) is 26.4 Å². The number of nitrogens with one attached hydrogen (secondary N) is 1. The first kappa shape index (κ1) is 21.6. The summed E-state index contributed by atoms with van der Waals surface area (Å²) < 4.78 is 66.3. The van der Waals surface area contributed by atoms with Crippen LogP contribution in [0, 0.1) is 0 Å². The normalized spacial score (nSPS) is 12.5. The molecular formula is C17H15F3N8O3S. The third-order valence-corrected chi connectivity index (χ3v) is 6.08. The molecule has 0 saturated heterocycles. The highest BCUT2D eigenvalue weighted by molar-refractivity contribution is 7.91. The van der Waals surface area contributed by atoms with Crippen molar-refractivity contribution >= 4 is 27.2 Å². The van der Waals surface area contributed by atoms with Crippen LogP contribution in [0.1, 0.15) is 30.2 Å². The maximum Gasteiger partial charge on any atom is 0.453 e. The van der Waals surface area contributed by atoms with Crippen LogP contribution in [0.2, 0.25) is 0 Å². The van der Waals surface area contributed by atoms with Gasteiger partial charge in [-0.1, -0.05) is 6.92 Å². The smallest absolute Gasteiger partial charge is 0.351 e. The summed E-state index contributed by atoms with van der Waals surface area (Å²) in [4.78, 5) is 24.0. The summed E-state index contributed by atoms with van der Waals surface area (Å²) in [6, 6.07) is 2.63. The molecule has 0 atom stereocenters. The number of hydrogen-bond donors (Lipinski definition) is 1. The van der Waals surface area contributed by atoms with Gasteiger partial charge in [0.05, 0.1) is 17.0 Å². The Morgan fingerprint density at radius 1 is 1.16 bits per heavy atom. The van der Waals surface area contributed by atoms with Crippen LogP contribution in [0.15, 0.2) is 29.6 Å². The van der Waals surface area contributed by atoms with Crippen molar-refractivity contribution < 1.29 is 26.4 Å². The van der Waals surface area contributed by atoms with Gasteiger partial charge in [-0.3, -0.25) is 4.79 Å². The molecule has 0 unspecified atom stereocenters. The lowest BCUT2D eigenvalue weighted by Gasteiger charge is -2.04.